The van der Waals surface area contributed by atoms with E-state index in [4.69, 9.17) is 9.72 Å². The topological polar surface area (TPSA) is 45.7 Å². The number of benzene rings is 2. The van der Waals surface area contributed by atoms with Crippen LogP contribution in [0, 0.1) is 6.92 Å². The summed E-state index contributed by atoms with van der Waals surface area (Å²) >= 11 is 1.57. The Morgan fingerprint density at radius 2 is 1.83 bits per heavy atom. The Labute approximate surface area is 189 Å². The predicted octanol–water partition coefficient (Wildman–Crippen LogP) is 4.95. The highest BCUT2D eigenvalue weighted by Gasteiger charge is 2.21. The lowest BCUT2D eigenvalue weighted by atomic mass is 10.1. The molecule has 1 amide bonds. The van der Waals surface area contributed by atoms with E-state index >= 15 is 0 Å². The zero-order chi connectivity index (χ0) is 20.8. The van der Waals surface area contributed by atoms with Gasteiger partial charge in [0.1, 0.15) is 11.3 Å². The van der Waals surface area contributed by atoms with E-state index in [0.717, 1.165) is 46.0 Å². The second-order valence-electron chi connectivity index (χ2n) is 7.45. The van der Waals surface area contributed by atoms with E-state index in [1.165, 1.54) is 5.56 Å². The smallest absolute Gasteiger partial charge is 0.229 e. The van der Waals surface area contributed by atoms with Crippen LogP contribution in [-0.4, -0.2) is 50.1 Å². The molecule has 0 N–H and O–H groups in total. The summed E-state index contributed by atoms with van der Waals surface area (Å²) in [7, 11) is 5.75. The van der Waals surface area contributed by atoms with E-state index in [2.05, 4.69) is 24.0 Å². The van der Waals surface area contributed by atoms with Crippen molar-refractivity contribution in [3.05, 3.63) is 53.6 Å². The molecule has 3 aromatic rings. The van der Waals surface area contributed by atoms with Gasteiger partial charge >= 0.3 is 0 Å². The highest BCUT2D eigenvalue weighted by Crippen LogP contribution is 2.36. The lowest BCUT2D eigenvalue weighted by molar-refractivity contribution is -0.118. The van der Waals surface area contributed by atoms with Gasteiger partial charge in [-0.15, -0.1) is 12.4 Å². The number of aromatic nitrogens is 1. The lowest BCUT2D eigenvalue weighted by Crippen LogP contribution is -2.33. The van der Waals surface area contributed by atoms with Crippen LogP contribution in [0.4, 0.5) is 5.13 Å². The maximum Gasteiger partial charge on any atom is 0.229 e. The quantitative estimate of drug-likeness (QED) is 0.465. The third kappa shape index (κ3) is 5.94. The minimum absolute atomic E-state index is 0. The van der Waals surface area contributed by atoms with Crippen molar-refractivity contribution in [1.29, 1.82) is 0 Å². The Kier molecular flexibility index (Phi) is 9.08. The normalized spacial score (nSPS) is 10.8. The molecule has 3 rings (SSSR count). The summed E-state index contributed by atoms with van der Waals surface area (Å²) in [5, 5.41) is 0.754. The Balaban J connectivity index is 0.00000320. The average molecular weight is 448 g/mol. The highest BCUT2D eigenvalue weighted by atomic mass is 35.5. The molecule has 0 radical (unpaired) electrons. The molecule has 5 nitrogen and oxygen atoms in total. The molecule has 0 bridgehead atoms. The first-order valence-corrected chi connectivity index (χ1v) is 10.7. The largest absolute Gasteiger partial charge is 0.494 e. The number of halogens is 1. The molecule has 0 aliphatic carbocycles. The number of hydrogen-bond donors (Lipinski definition) is 0. The molecule has 0 aliphatic rings. The summed E-state index contributed by atoms with van der Waals surface area (Å²) in [5.74, 6) is 0.862. The molecule has 0 atom stereocenters. The number of rotatable bonds is 9. The van der Waals surface area contributed by atoms with Crippen LogP contribution in [-0.2, 0) is 11.2 Å². The van der Waals surface area contributed by atoms with Crippen LogP contribution >= 0.6 is 23.7 Å². The molecule has 2 aromatic carbocycles. The standard InChI is InChI=1S/C23H29N3O2S.ClH/c1-17-11-13-19(28-4)21-22(17)29-23(24-21)26(16-8-15-25(2)3)20(27)14-12-18-9-6-5-7-10-18;/h5-7,9-11,13H,8,12,14-16H2,1-4H3;1H. The van der Waals surface area contributed by atoms with Crippen molar-refractivity contribution in [3.8, 4) is 5.75 Å². The number of nitrogens with zero attached hydrogens (tertiary/aromatic N) is 3. The molecular formula is C23H30ClN3O2S. The van der Waals surface area contributed by atoms with Crippen molar-refractivity contribution >= 4 is 45.0 Å². The first kappa shape index (κ1) is 24.1. The number of anilines is 1. The summed E-state index contributed by atoms with van der Waals surface area (Å²) < 4.78 is 6.56. The number of thiazole rings is 1. The molecule has 162 valence electrons. The number of aryl methyl sites for hydroxylation is 2. The monoisotopic (exact) mass is 447 g/mol. The minimum atomic E-state index is 0. The van der Waals surface area contributed by atoms with Crippen molar-refractivity contribution in [1.82, 2.24) is 9.88 Å². The lowest BCUT2D eigenvalue weighted by Gasteiger charge is -2.21. The molecule has 0 unspecified atom stereocenters. The van der Waals surface area contributed by atoms with E-state index in [9.17, 15) is 4.79 Å². The first-order chi connectivity index (χ1) is 14.0. The second-order valence-corrected chi connectivity index (χ2v) is 8.42. The van der Waals surface area contributed by atoms with Gasteiger partial charge in [0, 0.05) is 13.0 Å². The van der Waals surface area contributed by atoms with Gasteiger partial charge in [-0.05, 0) is 57.6 Å². The fourth-order valence-corrected chi connectivity index (χ4v) is 4.38. The molecule has 0 saturated heterocycles. The van der Waals surface area contributed by atoms with E-state index in [-0.39, 0.29) is 18.3 Å². The number of carbonyl (C=O) groups is 1. The van der Waals surface area contributed by atoms with Crippen molar-refractivity contribution in [2.24, 2.45) is 0 Å². The third-order valence-corrected chi connectivity index (χ3v) is 6.12. The highest BCUT2D eigenvalue weighted by molar-refractivity contribution is 7.22. The van der Waals surface area contributed by atoms with E-state index in [1.807, 2.05) is 49.3 Å². The molecule has 1 heterocycles. The second kappa shape index (κ2) is 11.3. The summed E-state index contributed by atoms with van der Waals surface area (Å²) in [6.07, 6.45) is 2.10. The molecular weight excluding hydrogens is 418 g/mol. The number of carbonyl (C=O) groups excluding carboxylic acids is 1. The van der Waals surface area contributed by atoms with Gasteiger partial charge in [0.05, 0.1) is 11.8 Å². The van der Waals surface area contributed by atoms with Crippen molar-refractivity contribution in [2.45, 2.75) is 26.2 Å². The maximum atomic E-state index is 13.2. The van der Waals surface area contributed by atoms with Gasteiger partial charge in [-0.25, -0.2) is 4.98 Å². The van der Waals surface area contributed by atoms with E-state index in [1.54, 1.807) is 18.4 Å². The molecule has 1 aromatic heterocycles. The van der Waals surface area contributed by atoms with Crippen LogP contribution in [0.5, 0.6) is 5.75 Å². The van der Waals surface area contributed by atoms with Gasteiger partial charge in [0.25, 0.3) is 0 Å². The van der Waals surface area contributed by atoms with Crippen LogP contribution in [0.3, 0.4) is 0 Å². The fourth-order valence-electron chi connectivity index (χ4n) is 3.28. The van der Waals surface area contributed by atoms with Gasteiger partial charge in [-0.3, -0.25) is 9.69 Å². The molecule has 0 aliphatic heterocycles. The number of methoxy groups -OCH3 is 1. The van der Waals surface area contributed by atoms with Gasteiger partial charge in [-0.2, -0.15) is 0 Å². The summed E-state index contributed by atoms with van der Waals surface area (Å²) in [6, 6.07) is 14.1. The van der Waals surface area contributed by atoms with E-state index in [0.29, 0.717) is 13.0 Å². The van der Waals surface area contributed by atoms with Crippen molar-refractivity contribution in [2.75, 3.05) is 39.2 Å². The summed E-state index contributed by atoms with van der Waals surface area (Å²) in [4.78, 5) is 22.0. The average Bonchev–Trinajstić information content (AvgIpc) is 3.16. The van der Waals surface area contributed by atoms with Crippen LogP contribution in [0.15, 0.2) is 42.5 Å². The zero-order valence-corrected chi connectivity index (χ0v) is 19.7. The molecule has 7 heteroatoms. The molecule has 0 fully saturated rings. The Morgan fingerprint density at radius 1 is 1.10 bits per heavy atom. The van der Waals surface area contributed by atoms with Crippen LogP contribution < -0.4 is 9.64 Å². The number of ether oxygens (including phenoxy) is 1. The van der Waals surface area contributed by atoms with Crippen LogP contribution in [0.1, 0.15) is 24.0 Å². The number of hydrogen-bond acceptors (Lipinski definition) is 5. The number of fused-ring (bicyclic) bond motifs is 1. The van der Waals surface area contributed by atoms with Gasteiger partial charge in [0.2, 0.25) is 5.91 Å². The predicted molar refractivity (Wildman–Crippen MR) is 128 cm³/mol. The Hall–Kier alpha value is -2.15. The first-order valence-electron chi connectivity index (χ1n) is 9.92. The van der Waals surface area contributed by atoms with Gasteiger partial charge in [-0.1, -0.05) is 47.7 Å². The molecule has 0 spiro atoms. The minimum Gasteiger partial charge on any atom is -0.494 e. The Morgan fingerprint density at radius 3 is 2.50 bits per heavy atom. The third-order valence-electron chi connectivity index (χ3n) is 4.90. The molecule has 30 heavy (non-hydrogen) atoms. The maximum absolute atomic E-state index is 13.2. The molecule has 0 saturated carbocycles. The van der Waals surface area contributed by atoms with E-state index < -0.39 is 0 Å². The van der Waals surface area contributed by atoms with Gasteiger partial charge < -0.3 is 9.64 Å². The van der Waals surface area contributed by atoms with Crippen molar-refractivity contribution < 1.29 is 9.53 Å². The van der Waals surface area contributed by atoms with Gasteiger partial charge in [0.15, 0.2) is 5.13 Å². The Bertz CT molecular complexity index is 960. The summed E-state index contributed by atoms with van der Waals surface area (Å²) in [6.45, 7) is 3.65. The number of amides is 1. The van der Waals surface area contributed by atoms with Crippen LogP contribution in [0.2, 0.25) is 0 Å². The van der Waals surface area contributed by atoms with Crippen molar-refractivity contribution in [3.63, 3.8) is 0 Å². The van der Waals surface area contributed by atoms with Crippen LogP contribution in [0.25, 0.3) is 10.2 Å². The zero-order valence-electron chi connectivity index (χ0n) is 18.1. The SMILES string of the molecule is COc1ccc(C)c2sc(N(CCCN(C)C)C(=O)CCc3ccccc3)nc12.Cl. The summed E-state index contributed by atoms with van der Waals surface area (Å²) in [5.41, 5.74) is 3.16. The fraction of sp³-hybridized carbons (Fsp3) is 0.391.